The maximum atomic E-state index is 13.4. The summed E-state index contributed by atoms with van der Waals surface area (Å²) in [6.45, 7) is 5.05. The number of furan rings is 1. The Balaban J connectivity index is 1.53. The third-order valence-electron chi connectivity index (χ3n) is 5.79. The number of aromatic nitrogens is 2. The van der Waals surface area contributed by atoms with Crippen LogP contribution in [0.5, 0.6) is 5.75 Å². The molecule has 1 aromatic carbocycles. The lowest BCUT2D eigenvalue weighted by Gasteiger charge is -2.29. The van der Waals surface area contributed by atoms with E-state index in [-0.39, 0.29) is 17.2 Å². The van der Waals surface area contributed by atoms with E-state index in [1.165, 1.54) is 6.33 Å². The minimum atomic E-state index is -0.0752. The van der Waals surface area contributed by atoms with Gasteiger partial charge < -0.3 is 19.7 Å². The Morgan fingerprint density at radius 3 is 2.89 bits per heavy atom. The maximum absolute atomic E-state index is 13.4. The van der Waals surface area contributed by atoms with Gasteiger partial charge in [-0.1, -0.05) is 6.07 Å². The molecule has 1 amide bonds. The van der Waals surface area contributed by atoms with Crippen LogP contribution in [-0.2, 0) is 13.0 Å². The van der Waals surface area contributed by atoms with Gasteiger partial charge in [-0.3, -0.25) is 4.79 Å². The summed E-state index contributed by atoms with van der Waals surface area (Å²) in [6, 6.07) is 5.33. The fraction of sp³-hybridized carbons (Fsp3) is 0.381. The number of anilines is 1. The molecule has 0 unspecified atom stereocenters. The van der Waals surface area contributed by atoms with Crippen LogP contribution in [0.15, 0.2) is 28.9 Å². The molecule has 0 bridgehead atoms. The Kier molecular flexibility index (Phi) is 3.62. The number of hydrogen-bond donors (Lipinski definition) is 2. The number of carbonyl (C=O) groups excluding carboxylic acids is 1. The Morgan fingerprint density at radius 1 is 1.29 bits per heavy atom. The lowest BCUT2D eigenvalue weighted by atomic mass is 9.98. The molecule has 7 nitrogen and oxygen atoms in total. The third kappa shape index (κ3) is 2.78. The van der Waals surface area contributed by atoms with Crippen molar-refractivity contribution < 1.29 is 14.3 Å². The van der Waals surface area contributed by atoms with Gasteiger partial charge in [0.05, 0.1) is 10.9 Å². The lowest BCUT2D eigenvalue weighted by molar-refractivity contribution is 0.0734. The molecule has 1 aliphatic heterocycles. The topological polar surface area (TPSA) is 91.5 Å². The number of hydrogen-bond acceptors (Lipinski definition) is 6. The fourth-order valence-corrected chi connectivity index (χ4v) is 3.87. The monoisotopic (exact) mass is 378 g/mol. The summed E-state index contributed by atoms with van der Waals surface area (Å²) in [5.41, 5.74) is 3.14. The number of aryl methyl sites for hydroxylation is 1. The summed E-state index contributed by atoms with van der Waals surface area (Å²) in [4.78, 5) is 23.9. The Morgan fingerprint density at radius 2 is 2.11 bits per heavy atom. The van der Waals surface area contributed by atoms with E-state index in [1.807, 2.05) is 11.0 Å². The largest absolute Gasteiger partial charge is 0.508 e. The lowest BCUT2D eigenvalue weighted by Crippen LogP contribution is -2.36. The summed E-state index contributed by atoms with van der Waals surface area (Å²) in [7, 11) is 0. The highest BCUT2D eigenvalue weighted by molar-refractivity contribution is 6.10. The summed E-state index contributed by atoms with van der Waals surface area (Å²) < 4.78 is 5.80. The molecule has 2 N–H and O–H groups in total. The van der Waals surface area contributed by atoms with Gasteiger partial charge in [-0.15, -0.1) is 0 Å². The SMILES string of the molecule is Cc1oc2ncnc(NC3(C)CC3)c2c1C(=O)N1CCc2cc(O)ccc2C1. The van der Waals surface area contributed by atoms with Crippen LogP contribution < -0.4 is 5.32 Å². The number of nitrogens with zero attached hydrogens (tertiary/aromatic N) is 3. The highest BCUT2D eigenvalue weighted by Gasteiger charge is 2.39. The number of carbonyl (C=O) groups is 1. The zero-order valence-corrected chi connectivity index (χ0v) is 16.0. The molecule has 5 rings (SSSR count). The fourth-order valence-electron chi connectivity index (χ4n) is 3.87. The molecule has 2 aromatic heterocycles. The van der Waals surface area contributed by atoms with E-state index in [1.54, 1.807) is 19.1 Å². The minimum Gasteiger partial charge on any atom is -0.508 e. The van der Waals surface area contributed by atoms with Crippen LogP contribution in [0.2, 0.25) is 0 Å². The van der Waals surface area contributed by atoms with Crippen molar-refractivity contribution in [3.05, 3.63) is 47.0 Å². The van der Waals surface area contributed by atoms with Gasteiger partial charge in [-0.05, 0) is 56.4 Å². The number of amides is 1. The van der Waals surface area contributed by atoms with Crippen LogP contribution in [0.3, 0.4) is 0 Å². The van der Waals surface area contributed by atoms with Gasteiger partial charge in [-0.25, -0.2) is 9.97 Å². The van der Waals surface area contributed by atoms with Gasteiger partial charge in [0, 0.05) is 18.6 Å². The first-order valence-electron chi connectivity index (χ1n) is 9.56. The molecule has 0 atom stereocenters. The van der Waals surface area contributed by atoms with Gasteiger partial charge in [0.25, 0.3) is 5.91 Å². The molecular weight excluding hydrogens is 356 g/mol. The van der Waals surface area contributed by atoms with E-state index in [9.17, 15) is 9.90 Å². The zero-order valence-electron chi connectivity index (χ0n) is 16.0. The highest BCUT2D eigenvalue weighted by atomic mass is 16.3. The van der Waals surface area contributed by atoms with E-state index in [0.717, 1.165) is 24.0 Å². The first-order chi connectivity index (χ1) is 13.4. The van der Waals surface area contributed by atoms with E-state index < -0.39 is 0 Å². The van der Waals surface area contributed by atoms with Gasteiger partial charge in [0.15, 0.2) is 0 Å². The van der Waals surface area contributed by atoms with Crippen molar-refractivity contribution in [3.63, 3.8) is 0 Å². The van der Waals surface area contributed by atoms with Crippen LogP contribution in [0, 0.1) is 6.92 Å². The number of aromatic hydroxyl groups is 1. The van der Waals surface area contributed by atoms with E-state index in [2.05, 4.69) is 22.2 Å². The van der Waals surface area contributed by atoms with Crippen molar-refractivity contribution >= 4 is 22.8 Å². The molecule has 7 heteroatoms. The average molecular weight is 378 g/mol. The van der Waals surface area contributed by atoms with Crippen molar-refractivity contribution in [1.29, 1.82) is 0 Å². The number of benzene rings is 1. The van der Waals surface area contributed by atoms with E-state index >= 15 is 0 Å². The molecule has 28 heavy (non-hydrogen) atoms. The summed E-state index contributed by atoms with van der Waals surface area (Å²) in [5.74, 6) is 1.40. The number of phenols is 1. The highest BCUT2D eigenvalue weighted by Crippen LogP contribution is 2.40. The van der Waals surface area contributed by atoms with Crippen molar-refractivity contribution in [2.75, 3.05) is 11.9 Å². The Bertz CT molecular complexity index is 1100. The quantitative estimate of drug-likeness (QED) is 0.726. The molecule has 0 spiro atoms. The smallest absolute Gasteiger partial charge is 0.258 e. The Hall–Kier alpha value is -3.09. The van der Waals surface area contributed by atoms with Crippen molar-refractivity contribution in [1.82, 2.24) is 14.9 Å². The van der Waals surface area contributed by atoms with Gasteiger partial charge in [-0.2, -0.15) is 0 Å². The van der Waals surface area contributed by atoms with Crippen molar-refractivity contribution in [2.45, 2.75) is 45.2 Å². The molecule has 3 heterocycles. The second-order valence-corrected chi connectivity index (χ2v) is 8.05. The van der Waals surface area contributed by atoms with Crippen LogP contribution in [-0.4, -0.2) is 38.0 Å². The van der Waals surface area contributed by atoms with Crippen LogP contribution in [0.4, 0.5) is 5.82 Å². The van der Waals surface area contributed by atoms with E-state index in [0.29, 0.717) is 47.8 Å². The second-order valence-electron chi connectivity index (χ2n) is 8.05. The number of fused-ring (bicyclic) bond motifs is 2. The second kappa shape index (κ2) is 5.95. The first-order valence-corrected chi connectivity index (χ1v) is 9.56. The predicted octanol–water partition coefficient (Wildman–Crippen LogP) is 3.40. The molecule has 3 aromatic rings. The standard InChI is InChI=1S/C21H22N4O3/c1-12-16(17-18(24-21(2)6-7-21)22-11-23-19(17)28-12)20(27)25-8-5-13-9-15(26)4-3-14(13)10-25/h3-4,9,11,26H,5-8,10H2,1-2H3,(H,22,23,24). The summed E-state index contributed by atoms with van der Waals surface area (Å²) in [6.07, 6.45) is 4.34. The normalized spacial score (nSPS) is 17.4. The molecule has 1 saturated carbocycles. The predicted molar refractivity (Wildman–Crippen MR) is 104 cm³/mol. The number of phenolic OH excluding ortho intramolecular Hbond substituents is 1. The molecule has 144 valence electrons. The van der Waals surface area contributed by atoms with Crippen LogP contribution in [0.1, 0.15) is 47.0 Å². The molecule has 2 aliphatic rings. The summed E-state index contributed by atoms with van der Waals surface area (Å²) >= 11 is 0. The van der Waals surface area contributed by atoms with Crippen molar-refractivity contribution in [3.8, 4) is 5.75 Å². The molecule has 1 aliphatic carbocycles. The molecule has 0 radical (unpaired) electrons. The van der Waals surface area contributed by atoms with Gasteiger partial charge >= 0.3 is 0 Å². The number of nitrogens with one attached hydrogen (secondary N) is 1. The van der Waals surface area contributed by atoms with Gasteiger partial charge in [0.2, 0.25) is 5.71 Å². The Labute approximate surface area is 162 Å². The summed E-state index contributed by atoms with van der Waals surface area (Å²) in [5, 5.41) is 13.8. The van der Waals surface area contributed by atoms with Gasteiger partial charge in [0.1, 0.15) is 23.7 Å². The van der Waals surface area contributed by atoms with Crippen LogP contribution >= 0.6 is 0 Å². The first kappa shape index (κ1) is 17.0. The third-order valence-corrected chi connectivity index (χ3v) is 5.79. The maximum Gasteiger partial charge on any atom is 0.258 e. The molecule has 0 saturated heterocycles. The minimum absolute atomic E-state index is 0.0266. The zero-order chi connectivity index (χ0) is 19.5. The van der Waals surface area contributed by atoms with E-state index in [4.69, 9.17) is 4.42 Å². The van der Waals surface area contributed by atoms with Crippen LogP contribution in [0.25, 0.3) is 11.1 Å². The average Bonchev–Trinajstić information content (AvgIpc) is 3.29. The molecular formula is C21H22N4O3. The molecule has 1 fully saturated rings. The van der Waals surface area contributed by atoms with Crippen molar-refractivity contribution in [2.24, 2.45) is 0 Å². The number of rotatable bonds is 3.